The predicted molar refractivity (Wildman–Crippen MR) is 119 cm³/mol. The van der Waals surface area contributed by atoms with Gasteiger partial charge in [0.05, 0.1) is 13.2 Å². The van der Waals surface area contributed by atoms with Gasteiger partial charge in [-0.05, 0) is 49.1 Å². The molecule has 7 nitrogen and oxygen atoms in total. The molecule has 32 heavy (non-hydrogen) atoms. The van der Waals surface area contributed by atoms with Gasteiger partial charge in [0, 0.05) is 25.6 Å². The molecule has 0 unspecified atom stereocenters. The second kappa shape index (κ2) is 9.12. The minimum absolute atomic E-state index is 0.0429. The van der Waals surface area contributed by atoms with Crippen molar-refractivity contribution in [3.8, 4) is 5.75 Å². The van der Waals surface area contributed by atoms with Gasteiger partial charge in [0.15, 0.2) is 11.3 Å². The monoisotopic (exact) mass is 436 g/mol. The summed E-state index contributed by atoms with van der Waals surface area (Å²) in [6.07, 6.45) is 1.93. The minimum atomic E-state index is -1.22. The van der Waals surface area contributed by atoms with E-state index in [9.17, 15) is 14.4 Å². The number of nitrogens with zero attached hydrogens (tertiary/aromatic N) is 1. The summed E-state index contributed by atoms with van der Waals surface area (Å²) in [5.41, 5.74) is 0.186. The highest BCUT2D eigenvalue weighted by atomic mass is 16.5. The van der Waals surface area contributed by atoms with Gasteiger partial charge in [-0.3, -0.25) is 14.4 Å². The lowest BCUT2D eigenvalue weighted by molar-refractivity contribution is -0.141. The SMILES string of the molecule is COc1ccc(N2C(=O)[C@](NC(C)=O)(c3ccccc3)[C@H]2CCC(=O)[C@@H]2CCCO2)cc1. The lowest BCUT2D eigenvalue weighted by atomic mass is 9.70. The molecule has 7 heteroatoms. The molecule has 2 fully saturated rings. The third-order valence-corrected chi connectivity index (χ3v) is 6.27. The number of ether oxygens (including phenoxy) is 2. The van der Waals surface area contributed by atoms with Crippen molar-refractivity contribution in [3.05, 3.63) is 60.2 Å². The van der Waals surface area contributed by atoms with E-state index in [1.54, 1.807) is 24.1 Å². The van der Waals surface area contributed by atoms with Crippen LogP contribution in [0, 0.1) is 0 Å². The van der Waals surface area contributed by atoms with Crippen LogP contribution in [0.5, 0.6) is 5.75 Å². The topological polar surface area (TPSA) is 84.9 Å². The fraction of sp³-hybridized carbons (Fsp3) is 0.400. The molecule has 0 saturated carbocycles. The van der Waals surface area contributed by atoms with Crippen LogP contribution in [0.2, 0.25) is 0 Å². The zero-order chi connectivity index (χ0) is 22.7. The number of Topliss-reactive ketones (excluding diaryl/α,β-unsaturated/α-hetero) is 1. The van der Waals surface area contributed by atoms with Crippen molar-refractivity contribution < 1.29 is 23.9 Å². The van der Waals surface area contributed by atoms with Crippen LogP contribution in [0.4, 0.5) is 5.69 Å². The Balaban J connectivity index is 1.68. The van der Waals surface area contributed by atoms with Gasteiger partial charge in [0.1, 0.15) is 11.9 Å². The molecule has 0 aromatic heterocycles. The number of β-lactam (4-membered cyclic amide) rings is 1. The van der Waals surface area contributed by atoms with Crippen molar-refractivity contribution in [3.63, 3.8) is 0 Å². The van der Waals surface area contributed by atoms with Gasteiger partial charge in [-0.25, -0.2) is 0 Å². The zero-order valence-corrected chi connectivity index (χ0v) is 18.4. The summed E-state index contributed by atoms with van der Waals surface area (Å²) in [5.74, 6) is 0.204. The Morgan fingerprint density at radius 2 is 1.88 bits per heavy atom. The standard InChI is InChI=1S/C25H28N2O5/c1-17(28)26-25(18-7-4-3-5-8-18)23(15-14-21(29)22-9-6-16-32-22)27(24(25)30)19-10-12-20(31-2)13-11-19/h3-5,7-8,10-13,22-23H,6,9,14-16H2,1-2H3,(H,26,28)/t22-,23+,25-/m0/s1. The van der Waals surface area contributed by atoms with Crippen LogP contribution in [0.15, 0.2) is 54.6 Å². The normalized spacial score (nSPS) is 24.7. The van der Waals surface area contributed by atoms with Crippen molar-refractivity contribution in [1.29, 1.82) is 0 Å². The molecule has 1 N–H and O–H groups in total. The van der Waals surface area contributed by atoms with Gasteiger partial charge in [0.25, 0.3) is 5.91 Å². The molecule has 2 heterocycles. The highest BCUT2D eigenvalue weighted by Gasteiger charge is 2.62. The van der Waals surface area contributed by atoms with E-state index >= 15 is 0 Å². The average Bonchev–Trinajstić information content (AvgIpc) is 3.35. The van der Waals surface area contributed by atoms with Gasteiger partial charge in [-0.1, -0.05) is 30.3 Å². The summed E-state index contributed by atoms with van der Waals surface area (Å²) in [6.45, 7) is 2.01. The van der Waals surface area contributed by atoms with Gasteiger partial charge >= 0.3 is 0 Å². The summed E-state index contributed by atoms with van der Waals surface area (Å²) in [4.78, 5) is 40.3. The third kappa shape index (κ3) is 3.88. The number of rotatable bonds is 8. The number of hydrogen-bond donors (Lipinski definition) is 1. The maximum absolute atomic E-state index is 13.7. The highest BCUT2D eigenvalue weighted by molar-refractivity contribution is 6.11. The molecule has 0 bridgehead atoms. The van der Waals surface area contributed by atoms with Crippen molar-refractivity contribution in [2.45, 2.75) is 50.3 Å². The quantitative estimate of drug-likeness (QED) is 0.643. The first-order chi connectivity index (χ1) is 15.5. The Kier molecular flexibility index (Phi) is 6.28. The maximum Gasteiger partial charge on any atom is 0.259 e. The van der Waals surface area contributed by atoms with Crippen LogP contribution in [0.3, 0.4) is 0 Å². The lowest BCUT2D eigenvalue weighted by Crippen LogP contribution is -2.78. The van der Waals surface area contributed by atoms with Crippen LogP contribution in [-0.4, -0.2) is 43.5 Å². The molecule has 168 valence electrons. The molecule has 3 atom stereocenters. The van der Waals surface area contributed by atoms with E-state index in [1.165, 1.54) is 6.92 Å². The van der Waals surface area contributed by atoms with Crippen molar-refractivity contribution in [2.75, 3.05) is 18.6 Å². The molecule has 0 spiro atoms. The number of nitrogens with one attached hydrogen (secondary N) is 1. The van der Waals surface area contributed by atoms with E-state index < -0.39 is 11.6 Å². The van der Waals surface area contributed by atoms with E-state index in [2.05, 4.69) is 5.32 Å². The Morgan fingerprint density at radius 1 is 1.16 bits per heavy atom. The summed E-state index contributed by atoms with van der Waals surface area (Å²) >= 11 is 0. The lowest BCUT2D eigenvalue weighted by Gasteiger charge is -2.56. The zero-order valence-electron chi connectivity index (χ0n) is 18.4. The molecule has 2 aromatic carbocycles. The van der Waals surface area contributed by atoms with E-state index in [0.717, 1.165) is 12.8 Å². The van der Waals surface area contributed by atoms with Gasteiger partial charge in [-0.15, -0.1) is 0 Å². The molecule has 2 saturated heterocycles. The molecular weight excluding hydrogens is 408 g/mol. The Hall–Kier alpha value is -3.19. The van der Waals surface area contributed by atoms with Crippen LogP contribution in [0.25, 0.3) is 0 Å². The Labute approximate surface area is 187 Å². The molecule has 2 aliphatic heterocycles. The number of anilines is 1. The number of benzene rings is 2. The molecule has 2 aromatic rings. The number of amides is 2. The van der Waals surface area contributed by atoms with Gasteiger partial charge < -0.3 is 19.7 Å². The van der Waals surface area contributed by atoms with E-state index in [4.69, 9.17) is 9.47 Å². The molecule has 2 aliphatic rings. The largest absolute Gasteiger partial charge is 0.497 e. The fourth-order valence-corrected chi connectivity index (χ4v) is 4.76. The first-order valence-electron chi connectivity index (χ1n) is 10.9. The van der Waals surface area contributed by atoms with Crippen LogP contribution < -0.4 is 15.0 Å². The highest BCUT2D eigenvalue weighted by Crippen LogP contribution is 2.45. The number of carbonyl (C=O) groups is 3. The summed E-state index contributed by atoms with van der Waals surface area (Å²) in [6, 6.07) is 16.0. The second-order valence-corrected chi connectivity index (χ2v) is 8.25. The third-order valence-electron chi connectivity index (χ3n) is 6.27. The fourth-order valence-electron chi connectivity index (χ4n) is 4.76. The molecule has 2 amide bonds. The minimum Gasteiger partial charge on any atom is -0.497 e. The number of carbonyl (C=O) groups excluding carboxylic acids is 3. The first-order valence-corrected chi connectivity index (χ1v) is 10.9. The number of ketones is 1. The Morgan fingerprint density at radius 3 is 2.47 bits per heavy atom. The molecule has 0 aliphatic carbocycles. The van der Waals surface area contributed by atoms with Gasteiger partial charge in [0.2, 0.25) is 5.91 Å². The van der Waals surface area contributed by atoms with E-state index in [1.807, 2.05) is 42.5 Å². The van der Waals surface area contributed by atoms with Crippen molar-refractivity contribution in [2.24, 2.45) is 0 Å². The molecular formula is C25H28N2O5. The molecule has 0 radical (unpaired) electrons. The maximum atomic E-state index is 13.7. The summed E-state index contributed by atoms with van der Waals surface area (Å²) in [7, 11) is 1.58. The van der Waals surface area contributed by atoms with Gasteiger partial charge in [-0.2, -0.15) is 0 Å². The number of hydrogen-bond acceptors (Lipinski definition) is 5. The van der Waals surface area contributed by atoms with E-state index in [-0.39, 0.29) is 30.1 Å². The van der Waals surface area contributed by atoms with Crippen LogP contribution in [0.1, 0.15) is 38.2 Å². The van der Waals surface area contributed by atoms with E-state index in [0.29, 0.717) is 30.0 Å². The average molecular weight is 437 g/mol. The van der Waals surface area contributed by atoms with Crippen LogP contribution >= 0.6 is 0 Å². The first kappa shape index (κ1) is 22.0. The van der Waals surface area contributed by atoms with Crippen molar-refractivity contribution >= 4 is 23.3 Å². The Bertz CT molecular complexity index is 985. The smallest absolute Gasteiger partial charge is 0.259 e. The predicted octanol–water partition coefficient (Wildman–Crippen LogP) is 2.97. The summed E-state index contributed by atoms with van der Waals surface area (Å²) in [5, 5.41) is 2.93. The van der Waals surface area contributed by atoms with Crippen LogP contribution in [-0.2, 0) is 24.7 Å². The number of methoxy groups -OCH3 is 1. The summed E-state index contributed by atoms with van der Waals surface area (Å²) < 4.78 is 10.8. The molecule has 4 rings (SSSR count). The van der Waals surface area contributed by atoms with Crippen molar-refractivity contribution in [1.82, 2.24) is 5.32 Å². The second-order valence-electron chi connectivity index (χ2n) is 8.25.